The van der Waals surface area contributed by atoms with Crippen LogP contribution in [0.2, 0.25) is 0 Å². The summed E-state index contributed by atoms with van der Waals surface area (Å²) in [4.78, 5) is 22.9. The van der Waals surface area contributed by atoms with Crippen LogP contribution >= 0.6 is 11.3 Å². The third kappa shape index (κ3) is 2.99. The monoisotopic (exact) mass is 361 g/mol. The van der Waals surface area contributed by atoms with Gasteiger partial charge < -0.3 is 9.64 Å². The van der Waals surface area contributed by atoms with Crippen molar-refractivity contribution in [1.29, 1.82) is 0 Å². The quantitative estimate of drug-likeness (QED) is 0.841. The molecular weight excluding hydrogens is 334 g/mol. The van der Waals surface area contributed by atoms with Crippen LogP contribution in [0.3, 0.4) is 0 Å². The minimum absolute atomic E-state index is 0.156. The van der Waals surface area contributed by atoms with Crippen LogP contribution in [0, 0.1) is 0 Å². The Morgan fingerprint density at radius 3 is 2.64 bits per heavy atom. The van der Waals surface area contributed by atoms with E-state index in [1.807, 2.05) is 4.57 Å². The van der Waals surface area contributed by atoms with E-state index >= 15 is 0 Å². The molecule has 5 nitrogen and oxygen atoms in total. The van der Waals surface area contributed by atoms with Gasteiger partial charge in [-0.1, -0.05) is 6.92 Å². The van der Waals surface area contributed by atoms with Gasteiger partial charge in [0.15, 0.2) is 0 Å². The lowest BCUT2D eigenvalue weighted by atomic mass is 9.97. The Balaban J connectivity index is 1.88. The fourth-order valence-corrected chi connectivity index (χ4v) is 5.48. The third-order valence-electron chi connectivity index (χ3n) is 5.20. The summed E-state index contributed by atoms with van der Waals surface area (Å²) in [7, 11) is 0. The number of aryl methyl sites for hydroxylation is 2. The Morgan fingerprint density at radius 2 is 1.92 bits per heavy atom. The van der Waals surface area contributed by atoms with Crippen molar-refractivity contribution in [2.45, 2.75) is 71.6 Å². The SMILES string of the molecule is CCCn1c(N2CC(C)OC(C)C2)nc2sc3c(c2c1=O)CCCC3. The molecule has 2 aromatic rings. The molecule has 6 heteroatoms. The maximum Gasteiger partial charge on any atom is 0.263 e. The van der Waals surface area contributed by atoms with Gasteiger partial charge in [0, 0.05) is 24.5 Å². The fraction of sp³-hybridized carbons (Fsp3) is 0.684. The molecule has 25 heavy (non-hydrogen) atoms. The van der Waals surface area contributed by atoms with E-state index in [4.69, 9.17) is 9.72 Å². The number of morpholine rings is 1. The second-order valence-electron chi connectivity index (χ2n) is 7.42. The van der Waals surface area contributed by atoms with Gasteiger partial charge in [-0.25, -0.2) is 4.98 Å². The van der Waals surface area contributed by atoms with Crippen LogP contribution in [0.15, 0.2) is 4.79 Å². The summed E-state index contributed by atoms with van der Waals surface area (Å²) in [5.41, 5.74) is 1.44. The summed E-state index contributed by atoms with van der Waals surface area (Å²) < 4.78 is 7.78. The Hall–Kier alpha value is -1.40. The molecule has 0 aromatic carbocycles. The number of hydrogen-bond acceptors (Lipinski definition) is 5. The molecule has 2 atom stereocenters. The predicted octanol–water partition coefficient (Wildman–Crippen LogP) is 3.36. The highest BCUT2D eigenvalue weighted by Gasteiger charge is 2.28. The topological polar surface area (TPSA) is 47.4 Å². The van der Waals surface area contributed by atoms with Crippen molar-refractivity contribution >= 4 is 27.5 Å². The zero-order valence-corrected chi connectivity index (χ0v) is 16.2. The highest BCUT2D eigenvalue weighted by molar-refractivity contribution is 7.18. The van der Waals surface area contributed by atoms with Crippen molar-refractivity contribution < 1.29 is 4.74 Å². The summed E-state index contributed by atoms with van der Waals surface area (Å²) in [6.45, 7) is 8.60. The highest BCUT2D eigenvalue weighted by Crippen LogP contribution is 2.35. The average Bonchev–Trinajstić information content (AvgIpc) is 2.95. The average molecular weight is 362 g/mol. The molecule has 1 saturated heterocycles. The molecule has 0 saturated carbocycles. The van der Waals surface area contributed by atoms with E-state index in [2.05, 4.69) is 25.7 Å². The summed E-state index contributed by atoms with van der Waals surface area (Å²) >= 11 is 1.74. The number of anilines is 1. The maximum absolute atomic E-state index is 13.3. The zero-order chi connectivity index (χ0) is 17.6. The van der Waals surface area contributed by atoms with E-state index in [-0.39, 0.29) is 17.8 Å². The molecule has 2 aromatic heterocycles. The second kappa shape index (κ2) is 6.72. The minimum Gasteiger partial charge on any atom is -0.372 e. The van der Waals surface area contributed by atoms with Gasteiger partial charge >= 0.3 is 0 Å². The van der Waals surface area contributed by atoms with E-state index in [1.165, 1.54) is 23.3 Å². The molecule has 4 rings (SSSR count). The summed E-state index contributed by atoms with van der Waals surface area (Å²) in [5, 5.41) is 0.895. The first-order valence-corrected chi connectivity index (χ1v) is 10.4. The first-order valence-electron chi connectivity index (χ1n) is 9.54. The van der Waals surface area contributed by atoms with Crippen LogP contribution in [0.25, 0.3) is 10.2 Å². The number of thiophene rings is 1. The molecule has 0 bridgehead atoms. The van der Waals surface area contributed by atoms with Crippen LogP contribution in [0.5, 0.6) is 0 Å². The van der Waals surface area contributed by atoms with Gasteiger partial charge in [0.1, 0.15) is 4.83 Å². The second-order valence-corrected chi connectivity index (χ2v) is 8.51. The zero-order valence-electron chi connectivity index (χ0n) is 15.4. The molecule has 2 unspecified atom stereocenters. The first-order chi connectivity index (χ1) is 12.1. The summed E-state index contributed by atoms with van der Waals surface area (Å²) in [5.74, 6) is 0.833. The highest BCUT2D eigenvalue weighted by atomic mass is 32.1. The van der Waals surface area contributed by atoms with Crippen molar-refractivity contribution in [1.82, 2.24) is 9.55 Å². The lowest BCUT2D eigenvalue weighted by Gasteiger charge is -2.36. The van der Waals surface area contributed by atoms with Gasteiger partial charge in [-0.15, -0.1) is 11.3 Å². The van der Waals surface area contributed by atoms with Gasteiger partial charge in [-0.2, -0.15) is 0 Å². The van der Waals surface area contributed by atoms with Crippen molar-refractivity contribution in [3.8, 4) is 0 Å². The van der Waals surface area contributed by atoms with Crippen molar-refractivity contribution in [2.75, 3.05) is 18.0 Å². The van der Waals surface area contributed by atoms with Crippen LogP contribution < -0.4 is 10.5 Å². The maximum atomic E-state index is 13.3. The normalized spacial score (nSPS) is 23.9. The van der Waals surface area contributed by atoms with Crippen LogP contribution in [0.4, 0.5) is 5.95 Å². The lowest BCUT2D eigenvalue weighted by molar-refractivity contribution is -0.00596. The van der Waals surface area contributed by atoms with Crippen LogP contribution in [-0.4, -0.2) is 34.8 Å². The minimum atomic E-state index is 0.156. The predicted molar refractivity (Wildman–Crippen MR) is 103 cm³/mol. The van der Waals surface area contributed by atoms with Crippen molar-refractivity contribution in [3.63, 3.8) is 0 Å². The van der Waals surface area contributed by atoms with Gasteiger partial charge in [0.05, 0.1) is 17.6 Å². The number of rotatable bonds is 3. The van der Waals surface area contributed by atoms with Crippen LogP contribution in [0.1, 0.15) is 50.5 Å². The fourth-order valence-electron chi connectivity index (χ4n) is 4.24. The molecule has 1 aliphatic heterocycles. The van der Waals surface area contributed by atoms with Gasteiger partial charge in [-0.3, -0.25) is 9.36 Å². The Labute approximate surface area is 152 Å². The van der Waals surface area contributed by atoms with Crippen molar-refractivity contribution in [3.05, 3.63) is 20.8 Å². The molecule has 1 fully saturated rings. The number of aromatic nitrogens is 2. The van der Waals surface area contributed by atoms with Gasteiger partial charge in [-0.05, 0) is 51.5 Å². The number of hydrogen-bond donors (Lipinski definition) is 0. The Kier molecular flexibility index (Phi) is 4.58. The smallest absolute Gasteiger partial charge is 0.263 e. The van der Waals surface area contributed by atoms with Crippen LogP contribution in [-0.2, 0) is 24.1 Å². The molecule has 2 aliphatic rings. The molecule has 3 heterocycles. The molecule has 136 valence electrons. The lowest BCUT2D eigenvalue weighted by Crippen LogP contribution is -2.47. The van der Waals surface area contributed by atoms with E-state index in [0.717, 1.165) is 55.1 Å². The largest absolute Gasteiger partial charge is 0.372 e. The van der Waals surface area contributed by atoms with Crippen molar-refractivity contribution in [2.24, 2.45) is 0 Å². The van der Waals surface area contributed by atoms with E-state index < -0.39 is 0 Å². The standard InChI is InChI=1S/C19H27N3O2S/c1-4-9-22-18(23)16-14-7-5-6-8-15(14)25-17(16)20-19(22)21-10-12(2)24-13(3)11-21/h12-13H,4-11H2,1-3H3. The van der Waals surface area contributed by atoms with E-state index in [9.17, 15) is 4.79 Å². The molecule has 0 amide bonds. The van der Waals surface area contributed by atoms with E-state index in [0.29, 0.717) is 0 Å². The number of ether oxygens (including phenoxy) is 1. The van der Waals surface area contributed by atoms with Gasteiger partial charge in [0.25, 0.3) is 5.56 Å². The Bertz CT molecular complexity index is 831. The first kappa shape index (κ1) is 17.0. The third-order valence-corrected chi connectivity index (χ3v) is 6.39. The Morgan fingerprint density at radius 1 is 1.20 bits per heavy atom. The molecule has 0 spiro atoms. The van der Waals surface area contributed by atoms with Gasteiger partial charge in [0.2, 0.25) is 5.95 Å². The summed E-state index contributed by atoms with van der Waals surface area (Å²) in [6, 6.07) is 0. The number of fused-ring (bicyclic) bond motifs is 3. The molecule has 0 radical (unpaired) electrons. The summed E-state index contributed by atoms with van der Waals surface area (Å²) in [6.07, 6.45) is 5.79. The molecule has 1 aliphatic carbocycles. The number of nitrogens with zero attached hydrogens (tertiary/aromatic N) is 3. The molecule has 0 N–H and O–H groups in total. The molecular formula is C19H27N3O2S. The van der Waals surface area contributed by atoms with E-state index in [1.54, 1.807) is 11.3 Å².